The van der Waals surface area contributed by atoms with Crippen molar-refractivity contribution in [2.45, 2.75) is 25.7 Å². The van der Waals surface area contributed by atoms with Crippen molar-refractivity contribution in [1.82, 2.24) is 0 Å². The largest absolute Gasteiger partial charge is 0.144 e. The molecular weight excluding hydrogens is 557 g/mol. The van der Waals surface area contributed by atoms with E-state index in [-0.39, 0.29) is 17.3 Å². The third kappa shape index (κ3) is 4.32. The van der Waals surface area contributed by atoms with Gasteiger partial charge in [-0.05, 0) is 96.1 Å². The van der Waals surface area contributed by atoms with Crippen LogP contribution in [0.4, 0.5) is 0 Å². The highest BCUT2D eigenvalue weighted by Crippen LogP contribution is 2.63. The lowest BCUT2D eigenvalue weighted by molar-refractivity contribution is 0.305. The van der Waals surface area contributed by atoms with Gasteiger partial charge in [-0.3, -0.25) is 0 Å². The maximum Gasteiger partial charge on any atom is 0.0308 e. The molecule has 6 aromatic rings. The first kappa shape index (κ1) is 26.4. The number of benzene rings is 4. The smallest absolute Gasteiger partial charge is 0.0308 e. The molecule has 0 bridgehead atoms. The van der Waals surface area contributed by atoms with Gasteiger partial charge in [-0.15, -0.1) is 22.7 Å². The highest BCUT2D eigenvalue weighted by atomic mass is 32.1. The molecule has 4 aromatic carbocycles. The van der Waals surface area contributed by atoms with E-state index in [9.17, 15) is 0 Å². The number of hydrogen-bond donors (Lipinski definition) is 0. The van der Waals surface area contributed by atoms with Crippen LogP contribution in [0, 0.1) is 5.41 Å². The molecule has 43 heavy (non-hydrogen) atoms. The summed E-state index contributed by atoms with van der Waals surface area (Å²) in [6.45, 7) is 5.03. The SMILES string of the molecule is CC(C)(C1C(c2cccs2)=Cc2c(-c3ccccc3)cccc21)C1C(c2cccs2)=Cc2c(-c3ccccc3)cccc21. The first-order valence-corrected chi connectivity index (χ1v) is 16.7. The van der Waals surface area contributed by atoms with E-state index in [2.05, 4.69) is 158 Å². The Bertz CT molecular complexity index is 1830. The second-order valence-electron chi connectivity index (χ2n) is 12.2. The topological polar surface area (TPSA) is 0 Å². The second kappa shape index (κ2) is 10.5. The summed E-state index contributed by atoms with van der Waals surface area (Å²) in [6.07, 6.45) is 5.00. The molecule has 2 unspecified atom stereocenters. The summed E-state index contributed by atoms with van der Waals surface area (Å²) in [6, 6.07) is 44.6. The van der Waals surface area contributed by atoms with Crippen molar-refractivity contribution in [2.75, 3.05) is 0 Å². The lowest BCUT2D eigenvalue weighted by Gasteiger charge is -2.41. The zero-order chi connectivity index (χ0) is 29.0. The van der Waals surface area contributed by atoms with E-state index in [1.165, 1.54) is 65.4 Å². The van der Waals surface area contributed by atoms with Crippen molar-refractivity contribution in [3.8, 4) is 22.3 Å². The van der Waals surface area contributed by atoms with Crippen molar-refractivity contribution >= 4 is 46.0 Å². The number of allylic oxidation sites excluding steroid dienone is 2. The van der Waals surface area contributed by atoms with Crippen molar-refractivity contribution in [2.24, 2.45) is 5.41 Å². The monoisotopic (exact) mass is 588 g/mol. The van der Waals surface area contributed by atoms with Gasteiger partial charge in [0.2, 0.25) is 0 Å². The molecule has 2 heterocycles. The molecule has 2 aliphatic carbocycles. The Morgan fingerprint density at radius 3 is 1.30 bits per heavy atom. The third-order valence-corrected chi connectivity index (χ3v) is 11.2. The van der Waals surface area contributed by atoms with Crippen LogP contribution in [0.3, 0.4) is 0 Å². The Labute approximate surface area is 262 Å². The van der Waals surface area contributed by atoms with Crippen LogP contribution in [0.5, 0.6) is 0 Å². The van der Waals surface area contributed by atoms with E-state index in [1.807, 2.05) is 22.7 Å². The van der Waals surface area contributed by atoms with E-state index >= 15 is 0 Å². The summed E-state index contributed by atoms with van der Waals surface area (Å²) in [7, 11) is 0. The Kier molecular flexibility index (Phi) is 6.44. The number of rotatable bonds is 6. The van der Waals surface area contributed by atoms with Gasteiger partial charge in [0.1, 0.15) is 0 Å². The molecule has 8 rings (SSSR count). The first-order valence-electron chi connectivity index (χ1n) is 15.0. The molecule has 0 nitrogen and oxygen atoms in total. The molecule has 2 aromatic heterocycles. The molecule has 0 saturated carbocycles. The van der Waals surface area contributed by atoms with Gasteiger partial charge in [0, 0.05) is 21.6 Å². The molecule has 2 atom stereocenters. The number of thiophene rings is 2. The van der Waals surface area contributed by atoms with Gasteiger partial charge >= 0.3 is 0 Å². The predicted octanol–water partition coefficient (Wildman–Crippen LogP) is 12.1. The summed E-state index contributed by atoms with van der Waals surface area (Å²) in [4.78, 5) is 2.73. The van der Waals surface area contributed by atoms with Gasteiger partial charge in [-0.25, -0.2) is 0 Å². The first-order chi connectivity index (χ1) is 21.1. The lowest BCUT2D eigenvalue weighted by Crippen LogP contribution is -2.30. The minimum absolute atomic E-state index is 0.118. The van der Waals surface area contributed by atoms with E-state index in [0.29, 0.717) is 0 Å². The Morgan fingerprint density at radius 2 is 0.907 bits per heavy atom. The van der Waals surface area contributed by atoms with Crippen molar-refractivity contribution in [1.29, 1.82) is 0 Å². The summed E-state index contributed by atoms with van der Waals surface area (Å²) in [5, 5.41) is 4.44. The van der Waals surface area contributed by atoms with Gasteiger partial charge in [-0.2, -0.15) is 0 Å². The molecule has 0 fully saturated rings. The molecule has 0 radical (unpaired) electrons. The maximum absolute atomic E-state index is 2.51. The van der Waals surface area contributed by atoms with Crippen LogP contribution in [-0.4, -0.2) is 0 Å². The summed E-state index contributed by atoms with van der Waals surface area (Å²) < 4.78 is 0. The van der Waals surface area contributed by atoms with E-state index in [0.717, 1.165) is 0 Å². The number of hydrogen-bond acceptors (Lipinski definition) is 2. The Balaban J connectivity index is 1.34. The van der Waals surface area contributed by atoms with Crippen LogP contribution in [0.1, 0.15) is 57.7 Å². The van der Waals surface area contributed by atoms with Gasteiger partial charge < -0.3 is 0 Å². The molecule has 2 heteroatoms. The number of fused-ring (bicyclic) bond motifs is 2. The van der Waals surface area contributed by atoms with Gasteiger partial charge in [-0.1, -0.05) is 123 Å². The molecule has 0 aliphatic heterocycles. The zero-order valence-electron chi connectivity index (χ0n) is 24.3. The maximum atomic E-state index is 2.51. The minimum atomic E-state index is -0.118. The molecule has 0 amide bonds. The quantitative estimate of drug-likeness (QED) is 0.182. The van der Waals surface area contributed by atoms with Gasteiger partial charge in [0.25, 0.3) is 0 Å². The summed E-state index contributed by atoms with van der Waals surface area (Å²) in [5.41, 5.74) is 13.6. The molecule has 2 aliphatic rings. The predicted molar refractivity (Wildman–Crippen MR) is 187 cm³/mol. The third-order valence-electron chi connectivity index (χ3n) is 9.39. The van der Waals surface area contributed by atoms with E-state index in [1.54, 1.807) is 0 Å². The normalized spacial score (nSPS) is 17.3. The van der Waals surface area contributed by atoms with Crippen molar-refractivity contribution < 1.29 is 0 Å². The highest BCUT2D eigenvalue weighted by molar-refractivity contribution is 7.11. The van der Waals surface area contributed by atoms with E-state index < -0.39 is 0 Å². The Morgan fingerprint density at radius 1 is 0.465 bits per heavy atom. The molecule has 0 spiro atoms. The minimum Gasteiger partial charge on any atom is -0.144 e. The zero-order valence-corrected chi connectivity index (χ0v) is 26.0. The fraction of sp³-hybridized carbons (Fsp3) is 0.122. The van der Waals surface area contributed by atoms with Crippen LogP contribution < -0.4 is 0 Å². The lowest BCUT2D eigenvalue weighted by atomic mass is 9.62. The summed E-state index contributed by atoms with van der Waals surface area (Å²) >= 11 is 3.72. The van der Waals surface area contributed by atoms with Crippen LogP contribution in [0.2, 0.25) is 0 Å². The van der Waals surface area contributed by atoms with Crippen LogP contribution in [0.15, 0.2) is 132 Å². The average molecular weight is 589 g/mol. The standard InChI is InChI=1S/C41H32S2/c1-41(2,39-31-19-9-17-29(27-13-5-3-6-14-27)33(31)25-35(39)37-21-11-23-42-37)40-32-20-10-18-30(28-15-7-4-8-16-28)34(32)26-36(40)38-22-12-24-43-38/h3-26,39-40H,1-2H3. The summed E-state index contributed by atoms with van der Waals surface area (Å²) in [5.74, 6) is 0.481. The molecular formula is C41H32S2. The van der Waals surface area contributed by atoms with Crippen LogP contribution >= 0.6 is 22.7 Å². The Hall–Kier alpha value is -4.24. The molecule has 0 N–H and O–H groups in total. The fourth-order valence-corrected chi connectivity index (χ4v) is 9.17. The second-order valence-corrected chi connectivity index (χ2v) is 14.1. The molecule has 208 valence electrons. The van der Waals surface area contributed by atoms with Gasteiger partial charge in [0.05, 0.1) is 0 Å². The van der Waals surface area contributed by atoms with Crippen molar-refractivity contribution in [3.63, 3.8) is 0 Å². The molecule has 0 saturated heterocycles. The van der Waals surface area contributed by atoms with Crippen LogP contribution in [0.25, 0.3) is 45.6 Å². The van der Waals surface area contributed by atoms with Gasteiger partial charge in [0.15, 0.2) is 0 Å². The van der Waals surface area contributed by atoms with Crippen LogP contribution in [-0.2, 0) is 0 Å². The van der Waals surface area contributed by atoms with E-state index in [4.69, 9.17) is 0 Å². The highest BCUT2D eigenvalue weighted by Gasteiger charge is 2.48. The average Bonchev–Trinajstić information content (AvgIpc) is 3.86. The fourth-order valence-electron chi connectivity index (χ4n) is 7.63. The van der Waals surface area contributed by atoms with Crippen molar-refractivity contribution in [3.05, 3.63) is 164 Å².